The summed E-state index contributed by atoms with van der Waals surface area (Å²) in [5.41, 5.74) is 1.48. The number of rotatable bonds is 6. The first-order valence-corrected chi connectivity index (χ1v) is 9.16. The van der Waals surface area contributed by atoms with Crippen molar-refractivity contribution in [1.29, 1.82) is 0 Å². The highest BCUT2D eigenvalue weighted by Crippen LogP contribution is 2.24. The number of ether oxygens (including phenoxy) is 3. The lowest BCUT2D eigenvalue weighted by Crippen LogP contribution is -2.60. The fourth-order valence-corrected chi connectivity index (χ4v) is 2.89. The lowest BCUT2D eigenvalue weighted by Gasteiger charge is -2.40. The number of hydrogen-bond acceptors (Lipinski definition) is 11. The largest absolute Gasteiger partial charge is 0.440 e. The molecule has 1 aliphatic heterocycles. The third kappa shape index (κ3) is 5.04. The van der Waals surface area contributed by atoms with Crippen molar-refractivity contribution >= 4 is 6.09 Å². The van der Waals surface area contributed by atoms with Gasteiger partial charge in [-0.15, -0.1) is 20.4 Å². The number of alkyl carbamates (subject to hydrolysis) is 1. The Kier molecular flexibility index (Phi) is 7.18. The molecule has 162 valence electrons. The van der Waals surface area contributed by atoms with Crippen molar-refractivity contribution in [2.45, 2.75) is 44.2 Å². The Labute approximate surface area is 171 Å². The van der Waals surface area contributed by atoms with Crippen molar-refractivity contribution < 1.29 is 34.3 Å². The fraction of sp³-hybridized carbons (Fsp3) is 0.500. The molecule has 0 radical (unpaired) electrons. The zero-order valence-electron chi connectivity index (χ0n) is 16.4. The molecule has 1 aliphatic rings. The molecule has 5 atom stereocenters. The molecule has 2 aromatic rings. The summed E-state index contributed by atoms with van der Waals surface area (Å²) in [4.78, 5) is 12.1. The highest BCUT2D eigenvalue weighted by molar-refractivity contribution is 5.67. The number of aliphatic hydroxyl groups is 3. The second kappa shape index (κ2) is 9.82. The average molecular weight is 421 g/mol. The zero-order chi connectivity index (χ0) is 21.7. The van der Waals surface area contributed by atoms with Crippen LogP contribution in [0.25, 0.3) is 11.4 Å². The minimum absolute atomic E-state index is 0.136. The second-order valence-corrected chi connectivity index (χ2v) is 6.63. The number of aromatic nitrogens is 4. The van der Waals surface area contributed by atoms with E-state index in [2.05, 4.69) is 25.7 Å². The number of aliphatic hydroxyl groups excluding tert-OH is 3. The highest BCUT2D eigenvalue weighted by atomic mass is 16.7. The molecule has 30 heavy (non-hydrogen) atoms. The Hall–Kier alpha value is -2.77. The molecule has 4 N–H and O–H groups in total. The van der Waals surface area contributed by atoms with Crippen molar-refractivity contribution in [3.05, 3.63) is 35.7 Å². The first-order valence-electron chi connectivity index (χ1n) is 9.16. The lowest BCUT2D eigenvalue weighted by molar-refractivity contribution is -0.293. The van der Waals surface area contributed by atoms with E-state index in [1.54, 1.807) is 31.2 Å². The number of benzene rings is 1. The molecule has 1 fully saturated rings. The van der Waals surface area contributed by atoms with Crippen molar-refractivity contribution in [2.24, 2.45) is 0 Å². The van der Waals surface area contributed by atoms with Crippen LogP contribution in [0.5, 0.6) is 0 Å². The maximum absolute atomic E-state index is 12.1. The third-order valence-corrected chi connectivity index (χ3v) is 4.53. The SMILES string of the molecule is CO[C@H]1OC(CO)[C@@H](O)C(OC(=O)NCc2ccc(-c3nnc(C)nn3)cc2)C1O. The van der Waals surface area contributed by atoms with Crippen LogP contribution in [0.15, 0.2) is 24.3 Å². The number of methoxy groups -OCH3 is 1. The van der Waals surface area contributed by atoms with Gasteiger partial charge in [0, 0.05) is 19.2 Å². The molecule has 0 bridgehead atoms. The van der Waals surface area contributed by atoms with Crippen LogP contribution in [0, 0.1) is 6.92 Å². The summed E-state index contributed by atoms with van der Waals surface area (Å²) in [6.45, 7) is 1.30. The molecule has 12 heteroatoms. The van der Waals surface area contributed by atoms with E-state index in [0.717, 1.165) is 11.1 Å². The second-order valence-electron chi connectivity index (χ2n) is 6.63. The molecular formula is C18H23N5O7. The Bertz CT molecular complexity index is 820. The predicted octanol–water partition coefficient (Wildman–Crippen LogP) is -1.08. The number of hydrogen-bond donors (Lipinski definition) is 4. The molecule has 1 amide bonds. The molecular weight excluding hydrogens is 398 g/mol. The van der Waals surface area contributed by atoms with Gasteiger partial charge < -0.3 is 34.8 Å². The highest BCUT2D eigenvalue weighted by Gasteiger charge is 2.46. The predicted molar refractivity (Wildman–Crippen MR) is 99.7 cm³/mol. The molecule has 3 rings (SSSR count). The summed E-state index contributed by atoms with van der Waals surface area (Å²) in [6.07, 6.45) is -7.24. The monoisotopic (exact) mass is 421 g/mol. The van der Waals surface area contributed by atoms with Crippen LogP contribution >= 0.6 is 0 Å². The van der Waals surface area contributed by atoms with Gasteiger partial charge in [-0.2, -0.15) is 0 Å². The fourth-order valence-electron chi connectivity index (χ4n) is 2.89. The number of nitrogens with one attached hydrogen (secondary N) is 1. The average Bonchev–Trinajstić information content (AvgIpc) is 2.76. The molecule has 2 heterocycles. The van der Waals surface area contributed by atoms with E-state index in [0.29, 0.717) is 11.6 Å². The van der Waals surface area contributed by atoms with E-state index in [4.69, 9.17) is 14.2 Å². The number of aryl methyl sites for hydroxylation is 1. The summed E-state index contributed by atoms with van der Waals surface area (Å²) >= 11 is 0. The summed E-state index contributed by atoms with van der Waals surface area (Å²) < 4.78 is 15.3. The van der Waals surface area contributed by atoms with Crippen LogP contribution in [-0.2, 0) is 20.8 Å². The van der Waals surface area contributed by atoms with E-state index < -0.39 is 43.4 Å². The quantitative estimate of drug-likeness (QED) is 0.447. The smallest absolute Gasteiger partial charge is 0.407 e. The number of amides is 1. The first-order chi connectivity index (χ1) is 14.4. The Morgan fingerprint density at radius 3 is 2.40 bits per heavy atom. The molecule has 1 aromatic heterocycles. The molecule has 3 unspecified atom stereocenters. The van der Waals surface area contributed by atoms with Crippen LogP contribution in [0.2, 0.25) is 0 Å². The first kappa shape index (κ1) is 21.9. The van der Waals surface area contributed by atoms with Crippen molar-refractivity contribution in [1.82, 2.24) is 25.7 Å². The molecule has 1 aromatic carbocycles. The zero-order valence-corrected chi connectivity index (χ0v) is 16.4. The topological polar surface area (TPSA) is 169 Å². The Morgan fingerprint density at radius 2 is 1.80 bits per heavy atom. The molecule has 1 saturated heterocycles. The maximum Gasteiger partial charge on any atom is 0.407 e. The summed E-state index contributed by atoms with van der Waals surface area (Å²) in [5.74, 6) is 0.855. The van der Waals surface area contributed by atoms with Gasteiger partial charge >= 0.3 is 6.09 Å². The maximum atomic E-state index is 12.1. The van der Waals surface area contributed by atoms with Gasteiger partial charge in [0.2, 0.25) is 5.82 Å². The van der Waals surface area contributed by atoms with Crippen LogP contribution in [0.4, 0.5) is 4.79 Å². The van der Waals surface area contributed by atoms with Crippen molar-refractivity contribution in [3.63, 3.8) is 0 Å². The summed E-state index contributed by atoms with van der Waals surface area (Å²) in [7, 11) is 1.29. The van der Waals surface area contributed by atoms with Crippen LogP contribution < -0.4 is 5.32 Å². The van der Waals surface area contributed by atoms with Gasteiger partial charge in [-0.1, -0.05) is 24.3 Å². The number of nitrogens with zero attached hydrogens (tertiary/aromatic N) is 4. The van der Waals surface area contributed by atoms with Gasteiger partial charge in [0.1, 0.15) is 18.3 Å². The molecule has 0 saturated carbocycles. The van der Waals surface area contributed by atoms with E-state index in [9.17, 15) is 20.1 Å². The number of carbonyl (C=O) groups excluding carboxylic acids is 1. The van der Waals surface area contributed by atoms with Crippen LogP contribution in [0.3, 0.4) is 0 Å². The lowest BCUT2D eigenvalue weighted by atomic mass is 9.99. The van der Waals surface area contributed by atoms with Gasteiger partial charge in [-0.25, -0.2) is 4.79 Å². The van der Waals surface area contributed by atoms with E-state index in [1.807, 2.05) is 0 Å². The van der Waals surface area contributed by atoms with Crippen molar-refractivity contribution in [3.8, 4) is 11.4 Å². The standard InChI is InChI=1S/C18H23N5O7/c1-9-20-22-16(23-21-9)11-5-3-10(4-6-11)7-19-18(27)30-15-13(25)12(8-24)29-17(28-2)14(15)26/h3-6,12-15,17,24-26H,7-8H2,1-2H3,(H,19,27)/t12?,13-,14?,15?,17+/m1/s1. The molecule has 0 aliphatic carbocycles. The van der Waals surface area contributed by atoms with Crippen molar-refractivity contribution in [2.75, 3.05) is 13.7 Å². The minimum Gasteiger partial charge on any atom is -0.440 e. The summed E-state index contributed by atoms with van der Waals surface area (Å²) in [5, 5.41) is 47.8. The minimum atomic E-state index is -1.42. The van der Waals surface area contributed by atoms with Gasteiger partial charge in [0.15, 0.2) is 18.2 Å². The van der Waals surface area contributed by atoms with E-state index in [-0.39, 0.29) is 6.54 Å². The van der Waals surface area contributed by atoms with Gasteiger partial charge in [-0.3, -0.25) is 0 Å². The van der Waals surface area contributed by atoms with E-state index >= 15 is 0 Å². The van der Waals surface area contributed by atoms with Gasteiger partial charge in [-0.05, 0) is 12.5 Å². The van der Waals surface area contributed by atoms with Crippen LogP contribution in [0.1, 0.15) is 11.4 Å². The normalized spacial score (nSPS) is 26.2. The Morgan fingerprint density at radius 1 is 1.13 bits per heavy atom. The van der Waals surface area contributed by atoms with Gasteiger partial charge in [0.25, 0.3) is 0 Å². The molecule has 12 nitrogen and oxygen atoms in total. The van der Waals surface area contributed by atoms with E-state index in [1.165, 1.54) is 7.11 Å². The number of carbonyl (C=O) groups is 1. The Balaban J connectivity index is 1.56. The summed E-state index contributed by atoms with van der Waals surface area (Å²) in [6, 6.07) is 7.05. The molecule has 0 spiro atoms. The third-order valence-electron chi connectivity index (χ3n) is 4.53. The van der Waals surface area contributed by atoms with Gasteiger partial charge in [0.05, 0.1) is 6.61 Å². The van der Waals surface area contributed by atoms with Crippen LogP contribution in [-0.4, -0.2) is 86.2 Å².